The van der Waals surface area contributed by atoms with Crippen LogP contribution in [0.15, 0.2) is 59.7 Å². The van der Waals surface area contributed by atoms with E-state index in [2.05, 4.69) is 9.97 Å². The molecule has 0 aliphatic heterocycles. The molecule has 214 valence electrons. The topological polar surface area (TPSA) is 123 Å². The molecule has 0 bridgehead atoms. The van der Waals surface area contributed by atoms with Crippen molar-refractivity contribution >= 4 is 29.6 Å². The maximum absolute atomic E-state index is 12.8. The predicted octanol–water partition coefficient (Wildman–Crippen LogP) is 5.02. The van der Waals surface area contributed by atoms with Crippen molar-refractivity contribution < 1.29 is 24.2 Å². The maximum Gasteiger partial charge on any atom is 0.410 e. The summed E-state index contributed by atoms with van der Waals surface area (Å²) in [6, 6.07) is 12.5. The second-order valence-corrected chi connectivity index (χ2v) is 10.9. The molecule has 0 saturated heterocycles. The van der Waals surface area contributed by atoms with Crippen molar-refractivity contribution in [2.24, 2.45) is 0 Å². The van der Waals surface area contributed by atoms with Crippen LogP contribution in [0.1, 0.15) is 43.6 Å². The highest BCUT2D eigenvalue weighted by molar-refractivity contribution is 6.36. The van der Waals surface area contributed by atoms with Gasteiger partial charge < -0.3 is 19.5 Å². The van der Waals surface area contributed by atoms with E-state index in [1.54, 1.807) is 58.2 Å². The fraction of sp³-hybridized carbons (Fsp3) is 0.300. The van der Waals surface area contributed by atoms with Gasteiger partial charge in [-0.2, -0.15) is 0 Å². The summed E-state index contributed by atoms with van der Waals surface area (Å²) in [6.45, 7) is 7.10. The quantitative estimate of drug-likeness (QED) is 0.289. The van der Waals surface area contributed by atoms with Crippen LogP contribution < -0.4 is 10.3 Å². The van der Waals surface area contributed by atoms with E-state index in [9.17, 15) is 19.5 Å². The molecule has 0 fully saturated rings. The Kier molecular flexibility index (Phi) is 8.74. The molecular weight excluding hydrogens is 548 g/mol. The average Bonchev–Trinajstić information content (AvgIpc) is 2.92. The lowest BCUT2D eigenvalue weighted by atomic mass is 10.0. The van der Waals surface area contributed by atoms with E-state index < -0.39 is 23.4 Å². The molecule has 3 heterocycles. The van der Waals surface area contributed by atoms with Gasteiger partial charge in [0, 0.05) is 29.1 Å². The molecule has 4 rings (SSSR count). The molecule has 0 aliphatic carbocycles. The standard InChI is InChI=1S/C30H31ClN4O6/c1-18(37)15-34(29(39)41-30(2,3)4)16-20-9-10-24(33-27(20)40-5)23-8-6-7-22(26(23)31)19-11-12-35-25(13-19)32-14-21(17-36)28(35)38/h6-14,17-18,37H,15-16H2,1-5H3. The second-order valence-electron chi connectivity index (χ2n) is 10.5. The van der Waals surface area contributed by atoms with Crippen LogP contribution in [-0.4, -0.2) is 62.1 Å². The third-order valence-electron chi connectivity index (χ3n) is 6.08. The largest absolute Gasteiger partial charge is 0.481 e. The number of halogens is 1. The number of benzene rings is 1. The first kappa shape index (κ1) is 29.7. The van der Waals surface area contributed by atoms with Crippen molar-refractivity contribution in [3.05, 3.63) is 81.4 Å². The smallest absolute Gasteiger partial charge is 0.410 e. The van der Waals surface area contributed by atoms with Crippen molar-refractivity contribution in [2.75, 3.05) is 13.7 Å². The fourth-order valence-corrected chi connectivity index (χ4v) is 4.59. The molecule has 0 aliphatic rings. The lowest BCUT2D eigenvalue weighted by Gasteiger charge is -2.28. The van der Waals surface area contributed by atoms with Crippen LogP contribution in [0, 0.1) is 0 Å². The van der Waals surface area contributed by atoms with Gasteiger partial charge in [-0.3, -0.25) is 14.0 Å². The summed E-state index contributed by atoms with van der Waals surface area (Å²) in [5, 5.41) is 10.4. The number of carbonyl (C=O) groups is 2. The number of aldehydes is 1. The van der Waals surface area contributed by atoms with Gasteiger partial charge in [0.05, 0.1) is 42.6 Å². The minimum absolute atomic E-state index is 0.0289. The molecular formula is C30H31ClN4O6. The van der Waals surface area contributed by atoms with Crippen molar-refractivity contribution in [2.45, 2.75) is 45.9 Å². The van der Waals surface area contributed by atoms with E-state index >= 15 is 0 Å². The summed E-state index contributed by atoms with van der Waals surface area (Å²) in [6.07, 6.45) is 1.95. The van der Waals surface area contributed by atoms with E-state index in [1.807, 2.05) is 18.2 Å². The van der Waals surface area contributed by atoms with E-state index in [-0.39, 0.29) is 18.7 Å². The van der Waals surface area contributed by atoms with E-state index in [0.29, 0.717) is 45.2 Å². The number of nitrogens with zero attached hydrogens (tertiary/aromatic N) is 4. The number of fused-ring (bicyclic) bond motifs is 1. The number of rotatable bonds is 8. The molecule has 1 amide bonds. The van der Waals surface area contributed by atoms with E-state index in [0.717, 1.165) is 5.56 Å². The van der Waals surface area contributed by atoms with Gasteiger partial charge in [0.1, 0.15) is 11.2 Å². The highest BCUT2D eigenvalue weighted by Gasteiger charge is 2.25. The number of amides is 1. The van der Waals surface area contributed by atoms with Crippen molar-refractivity contribution in [3.63, 3.8) is 0 Å². The number of ether oxygens (including phenoxy) is 2. The van der Waals surface area contributed by atoms with E-state index in [1.165, 1.54) is 22.6 Å². The average molecular weight is 579 g/mol. The van der Waals surface area contributed by atoms with Gasteiger partial charge in [-0.1, -0.05) is 29.8 Å². The van der Waals surface area contributed by atoms with Crippen LogP contribution in [0.3, 0.4) is 0 Å². The number of aliphatic hydroxyl groups excluding tert-OH is 1. The summed E-state index contributed by atoms with van der Waals surface area (Å²) in [5.74, 6) is 0.295. The maximum atomic E-state index is 12.8. The second kappa shape index (κ2) is 12.1. The van der Waals surface area contributed by atoms with Gasteiger partial charge >= 0.3 is 6.09 Å². The Labute approximate surface area is 242 Å². The summed E-state index contributed by atoms with van der Waals surface area (Å²) in [4.78, 5) is 46.6. The van der Waals surface area contributed by atoms with Crippen LogP contribution in [0.5, 0.6) is 5.88 Å². The van der Waals surface area contributed by atoms with Gasteiger partial charge in [0.2, 0.25) is 5.88 Å². The Morgan fingerprint density at radius 3 is 2.59 bits per heavy atom. The molecule has 3 aromatic heterocycles. The third-order valence-corrected chi connectivity index (χ3v) is 6.49. The Hall–Kier alpha value is -4.28. The molecule has 4 aromatic rings. The lowest BCUT2D eigenvalue weighted by Crippen LogP contribution is -2.40. The first-order chi connectivity index (χ1) is 19.4. The molecule has 0 saturated carbocycles. The van der Waals surface area contributed by atoms with Crippen molar-refractivity contribution in [1.29, 1.82) is 0 Å². The summed E-state index contributed by atoms with van der Waals surface area (Å²) in [7, 11) is 1.49. The summed E-state index contributed by atoms with van der Waals surface area (Å²) >= 11 is 6.87. The number of hydrogen-bond donors (Lipinski definition) is 1. The van der Waals surface area contributed by atoms with Crippen LogP contribution in [0.25, 0.3) is 28.0 Å². The van der Waals surface area contributed by atoms with Gasteiger partial charge in [-0.05, 0) is 57.5 Å². The number of hydrogen-bond acceptors (Lipinski definition) is 8. The molecule has 11 heteroatoms. The molecule has 0 spiro atoms. The van der Waals surface area contributed by atoms with Crippen molar-refractivity contribution in [3.8, 4) is 28.3 Å². The number of aliphatic hydroxyl groups is 1. The zero-order valence-electron chi connectivity index (χ0n) is 23.4. The lowest BCUT2D eigenvalue weighted by molar-refractivity contribution is 0.0141. The monoisotopic (exact) mass is 578 g/mol. The van der Waals surface area contributed by atoms with Crippen LogP contribution in [0.2, 0.25) is 5.02 Å². The Balaban J connectivity index is 1.68. The molecule has 1 unspecified atom stereocenters. The summed E-state index contributed by atoms with van der Waals surface area (Å²) in [5.41, 5.74) is 2.41. The van der Waals surface area contributed by atoms with Gasteiger partial charge in [-0.15, -0.1) is 0 Å². The number of methoxy groups -OCH3 is 1. The molecule has 1 atom stereocenters. The molecule has 1 aromatic carbocycles. The first-order valence-electron chi connectivity index (χ1n) is 12.9. The normalized spacial score (nSPS) is 12.2. The number of pyridine rings is 2. The number of carbonyl (C=O) groups excluding carboxylic acids is 2. The van der Waals surface area contributed by atoms with Crippen LogP contribution >= 0.6 is 11.6 Å². The fourth-order valence-electron chi connectivity index (χ4n) is 4.26. The Bertz CT molecular complexity index is 1660. The highest BCUT2D eigenvalue weighted by atomic mass is 35.5. The molecule has 41 heavy (non-hydrogen) atoms. The minimum Gasteiger partial charge on any atom is -0.481 e. The molecule has 10 nitrogen and oxygen atoms in total. The van der Waals surface area contributed by atoms with E-state index in [4.69, 9.17) is 21.1 Å². The van der Waals surface area contributed by atoms with Gasteiger partial charge in [0.25, 0.3) is 5.56 Å². The first-order valence-corrected chi connectivity index (χ1v) is 13.3. The number of aromatic nitrogens is 3. The zero-order valence-corrected chi connectivity index (χ0v) is 24.2. The summed E-state index contributed by atoms with van der Waals surface area (Å²) < 4.78 is 12.4. The zero-order chi connectivity index (χ0) is 29.9. The third kappa shape index (κ3) is 6.72. The Morgan fingerprint density at radius 2 is 1.93 bits per heavy atom. The Morgan fingerprint density at radius 1 is 1.20 bits per heavy atom. The van der Waals surface area contributed by atoms with Crippen molar-refractivity contribution in [1.82, 2.24) is 19.3 Å². The van der Waals surface area contributed by atoms with Crippen LogP contribution in [0.4, 0.5) is 4.79 Å². The highest BCUT2D eigenvalue weighted by Crippen LogP contribution is 2.37. The molecule has 0 radical (unpaired) electrons. The van der Waals surface area contributed by atoms with Gasteiger partial charge in [0.15, 0.2) is 6.29 Å². The molecule has 1 N–H and O–H groups in total. The predicted molar refractivity (Wildman–Crippen MR) is 155 cm³/mol. The SMILES string of the molecule is COc1nc(-c2cccc(-c3ccn4c(=O)c(C=O)cnc4c3)c2Cl)ccc1CN(CC(C)O)C(=O)OC(C)(C)C. The van der Waals surface area contributed by atoms with Gasteiger partial charge in [-0.25, -0.2) is 14.8 Å². The van der Waals surface area contributed by atoms with Crippen LogP contribution in [-0.2, 0) is 11.3 Å². The minimum atomic E-state index is -0.765.